The van der Waals surface area contributed by atoms with E-state index in [1.54, 1.807) is 6.92 Å². The highest BCUT2D eigenvalue weighted by atomic mass is 19.1. The molecule has 1 unspecified atom stereocenters. The Morgan fingerprint density at radius 2 is 2.12 bits per heavy atom. The van der Waals surface area contributed by atoms with E-state index in [1.165, 1.54) is 0 Å². The number of methoxy groups -OCH3 is 1. The molecular formula is C11H12F2O4. The minimum absolute atomic E-state index is 0.0563. The summed E-state index contributed by atoms with van der Waals surface area (Å²) in [6.07, 6.45) is -1.54. The van der Waals surface area contributed by atoms with Crippen LogP contribution in [0.2, 0.25) is 0 Å². The summed E-state index contributed by atoms with van der Waals surface area (Å²) < 4.78 is 36.3. The highest BCUT2D eigenvalue weighted by Gasteiger charge is 2.29. The maximum Gasteiger partial charge on any atom is 0.340 e. The molecule has 0 aliphatic rings. The summed E-state index contributed by atoms with van der Waals surface area (Å²) in [5.41, 5.74) is -0.661. The maximum atomic E-state index is 13.5. The predicted octanol–water partition coefficient (Wildman–Crippen LogP) is 1.92. The first kappa shape index (κ1) is 13.4. The number of esters is 1. The Hall–Kier alpha value is -1.69. The number of hydrogen-bond acceptors (Lipinski definition) is 4. The summed E-state index contributed by atoms with van der Waals surface area (Å²) in [4.78, 5) is 11.4. The number of rotatable bonds is 4. The van der Waals surface area contributed by atoms with Gasteiger partial charge >= 0.3 is 5.97 Å². The van der Waals surface area contributed by atoms with Crippen molar-refractivity contribution in [2.75, 3.05) is 13.7 Å². The summed E-state index contributed by atoms with van der Waals surface area (Å²) in [7, 11) is 1.12. The van der Waals surface area contributed by atoms with Crippen LogP contribution in [-0.4, -0.2) is 24.8 Å². The SMILES string of the molecule is CCOC(=O)C(OC)c1c(F)ccc(O)c1F. The molecule has 0 heterocycles. The number of carbonyl (C=O) groups is 1. The van der Waals surface area contributed by atoms with Crippen LogP contribution in [0.1, 0.15) is 18.6 Å². The molecule has 17 heavy (non-hydrogen) atoms. The third-order valence-electron chi connectivity index (χ3n) is 2.10. The third kappa shape index (κ3) is 2.71. The van der Waals surface area contributed by atoms with E-state index in [2.05, 4.69) is 4.74 Å². The molecule has 4 nitrogen and oxygen atoms in total. The van der Waals surface area contributed by atoms with Crippen molar-refractivity contribution in [2.45, 2.75) is 13.0 Å². The highest BCUT2D eigenvalue weighted by molar-refractivity contribution is 5.77. The average molecular weight is 246 g/mol. The lowest BCUT2D eigenvalue weighted by Crippen LogP contribution is -2.20. The monoisotopic (exact) mass is 246 g/mol. The fourth-order valence-electron chi connectivity index (χ4n) is 1.35. The first-order valence-corrected chi connectivity index (χ1v) is 4.89. The van der Waals surface area contributed by atoms with Gasteiger partial charge < -0.3 is 14.6 Å². The summed E-state index contributed by atoms with van der Waals surface area (Å²) in [5, 5.41) is 9.13. The highest BCUT2D eigenvalue weighted by Crippen LogP contribution is 2.29. The average Bonchev–Trinajstić information content (AvgIpc) is 2.30. The van der Waals surface area contributed by atoms with Crippen LogP contribution in [0, 0.1) is 11.6 Å². The molecule has 94 valence electrons. The van der Waals surface area contributed by atoms with Crippen molar-refractivity contribution < 1.29 is 28.2 Å². The van der Waals surface area contributed by atoms with Gasteiger partial charge in [0, 0.05) is 7.11 Å². The molecule has 6 heteroatoms. The van der Waals surface area contributed by atoms with Crippen molar-refractivity contribution in [3.8, 4) is 5.75 Å². The Kier molecular flexibility index (Phi) is 4.39. The molecule has 1 atom stereocenters. The molecule has 0 bridgehead atoms. The van der Waals surface area contributed by atoms with Gasteiger partial charge in [-0.25, -0.2) is 13.6 Å². The van der Waals surface area contributed by atoms with Gasteiger partial charge in [0.25, 0.3) is 0 Å². The van der Waals surface area contributed by atoms with E-state index in [-0.39, 0.29) is 6.61 Å². The van der Waals surface area contributed by atoms with Crippen LogP contribution >= 0.6 is 0 Å². The molecule has 0 radical (unpaired) electrons. The van der Waals surface area contributed by atoms with Crippen LogP contribution in [0.25, 0.3) is 0 Å². The first-order chi connectivity index (χ1) is 8.02. The molecule has 0 aliphatic carbocycles. The van der Waals surface area contributed by atoms with Gasteiger partial charge in [-0.05, 0) is 19.1 Å². The van der Waals surface area contributed by atoms with Gasteiger partial charge in [-0.3, -0.25) is 0 Å². The zero-order valence-corrected chi connectivity index (χ0v) is 9.37. The lowest BCUT2D eigenvalue weighted by molar-refractivity contribution is -0.155. The molecule has 0 saturated heterocycles. The first-order valence-electron chi connectivity index (χ1n) is 4.89. The number of halogens is 2. The minimum Gasteiger partial charge on any atom is -0.505 e. The Labute approximate surface area is 96.8 Å². The fraction of sp³-hybridized carbons (Fsp3) is 0.364. The number of benzene rings is 1. The van der Waals surface area contributed by atoms with Crippen LogP contribution in [0.4, 0.5) is 8.78 Å². The van der Waals surface area contributed by atoms with E-state index in [9.17, 15) is 13.6 Å². The Bertz CT molecular complexity index is 420. The Morgan fingerprint density at radius 1 is 1.47 bits per heavy atom. The second kappa shape index (κ2) is 5.58. The van der Waals surface area contributed by atoms with Crippen molar-refractivity contribution in [3.63, 3.8) is 0 Å². The normalized spacial score (nSPS) is 12.2. The van der Waals surface area contributed by atoms with Crippen molar-refractivity contribution in [3.05, 3.63) is 29.3 Å². The van der Waals surface area contributed by atoms with E-state index in [1.807, 2.05) is 0 Å². The summed E-state index contributed by atoms with van der Waals surface area (Å²) in [5.74, 6) is -3.89. The second-order valence-corrected chi connectivity index (χ2v) is 3.16. The van der Waals surface area contributed by atoms with E-state index in [0.717, 1.165) is 19.2 Å². The third-order valence-corrected chi connectivity index (χ3v) is 2.10. The minimum atomic E-state index is -1.54. The Balaban J connectivity index is 3.20. The lowest BCUT2D eigenvalue weighted by Gasteiger charge is -2.16. The van der Waals surface area contributed by atoms with Crippen molar-refractivity contribution in [1.82, 2.24) is 0 Å². The Morgan fingerprint density at radius 3 is 2.65 bits per heavy atom. The number of ether oxygens (including phenoxy) is 2. The molecule has 1 aromatic rings. The molecule has 1 aromatic carbocycles. The number of phenols is 1. The molecule has 0 aromatic heterocycles. The van der Waals surface area contributed by atoms with E-state index < -0.39 is 35.0 Å². The largest absolute Gasteiger partial charge is 0.505 e. The molecule has 1 N–H and O–H groups in total. The van der Waals surface area contributed by atoms with Gasteiger partial charge in [0.1, 0.15) is 5.82 Å². The molecule has 0 amide bonds. The molecule has 0 fully saturated rings. The van der Waals surface area contributed by atoms with Crippen LogP contribution in [0.3, 0.4) is 0 Å². The van der Waals surface area contributed by atoms with Crippen LogP contribution in [0.15, 0.2) is 12.1 Å². The molecule has 0 aliphatic heterocycles. The van der Waals surface area contributed by atoms with Gasteiger partial charge in [0.15, 0.2) is 17.7 Å². The van der Waals surface area contributed by atoms with Crippen molar-refractivity contribution in [2.24, 2.45) is 0 Å². The summed E-state index contributed by atoms with van der Waals surface area (Å²) in [6, 6.07) is 1.70. The number of hydrogen-bond donors (Lipinski definition) is 1. The lowest BCUT2D eigenvalue weighted by atomic mass is 10.1. The van der Waals surface area contributed by atoms with Crippen molar-refractivity contribution >= 4 is 5.97 Å². The van der Waals surface area contributed by atoms with Crippen LogP contribution in [0.5, 0.6) is 5.75 Å². The van der Waals surface area contributed by atoms with Gasteiger partial charge in [0.2, 0.25) is 0 Å². The van der Waals surface area contributed by atoms with Gasteiger partial charge in [-0.15, -0.1) is 0 Å². The summed E-state index contributed by atoms with van der Waals surface area (Å²) >= 11 is 0. The number of carbonyl (C=O) groups excluding carboxylic acids is 1. The quantitative estimate of drug-likeness (QED) is 0.824. The van der Waals surface area contributed by atoms with Gasteiger partial charge in [-0.2, -0.15) is 0 Å². The number of aromatic hydroxyl groups is 1. The van der Waals surface area contributed by atoms with Crippen molar-refractivity contribution in [1.29, 1.82) is 0 Å². The van der Waals surface area contributed by atoms with E-state index in [0.29, 0.717) is 0 Å². The fourth-order valence-corrected chi connectivity index (χ4v) is 1.35. The number of phenolic OH excluding ortho intramolecular Hbond substituents is 1. The molecule has 0 spiro atoms. The van der Waals surface area contributed by atoms with E-state index in [4.69, 9.17) is 9.84 Å². The second-order valence-electron chi connectivity index (χ2n) is 3.16. The molecule has 0 saturated carbocycles. The topological polar surface area (TPSA) is 55.8 Å². The van der Waals surface area contributed by atoms with Crippen LogP contribution in [-0.2, 0) is 14.3 Å². The van der Waals surface area contributed by atoms with E-state index >= 15 is 0 Å². The standard InChI is InChI=1S/C11H12F2O4/c1-3-17-11(15)10(16-2)8-6(12)4-5-7(14)9(8)13/h4-5,10,14H,3H2,1-2H3. The maximum absolute atomic E-state index is 13.5. The zero-order chi connectivity index (χ0) is 13.0. The summed E-state index contributed by atoms with van der Waals surface area (Å²) in [6.45, 7) is 1.61. The smallest absolute Gasteiger partial charge is 0.340 e. The molecule has 1 rings (SSSR count). The van der Waals surface area contributed by atoms with Gasteiger partial charge in [0.05, 0.1) is 12.2 Å². The predicted molar refractivity (Wildman–Crippen MR) is 54.4 cm³/mol. The molecular weight excluding hydrogens is 234 g/mol. The zero-order valence-electron chi connectivity index (χ0n) is 9.37. The van der Waals surface area contributed by atoms with Crippen LogP contribution < -0.4 is 0 Å². The van der Waals surface area contributed by atoms with Gasteiger partial charge in [-0.1, -0.05) is 0 Å².